The van der Waals surface area contributed by atoms with Gasteiger partial charge in [-0.25, -0.2) is 15.0 Å². The third kappa shape index (κ3) is 4.80. The third-order valence-electron chi connectivity index (χ3n) is 8.52. The molecule has 2 heterocycles. The van der Waals surface area contributed by atoms with Gasteiger partial charge in [-0.3, -0.25) is 0 Å². The van der Waals surface area contributed by atoms with Crippen LogP contribution in [0.3, 0.4) is 0 Å². The molecular formula is C41H26N6. The summed E-state index contributed by atoms with van der Waals surface area (Å²) in [5.74, 6) is 1.86. The zero-order valence-corrected chi connectivity index (χ0v) is 25.2. The topological polar surface area (TPSA) is 69.4 Å². The summed E-state index contributed by atoms with van der Waals surface area (Å²) in [4.78, 5) is 16.9. The molecule has 0 saturated carbocycles. The van der Waals surface area contributed by atoms with E-state index < -0.39 is 0 Å². The van der Waals surface area contributed by atoms with Crippen LogP contribution in [0.15, 0.2) is 158 Å². The summed E-state index contributed by atoms with van der Waals surface area (Å²) in [6.45, 7) is 0. The molecule has 0 bridgehead atoms. The highest BCUT2D eigenvalue weighted by atomic mass is 15.5. The molecule has 6 nitrogen and oxygen atoms in total. The minimum atomic E-state index is 0.607. The molecule has 0 N–H and O–H groups in total. The Morgan fingerprint density at radius 1 is 0.404 bits per heavy atom. The van der Waals surface area contributed by atoms with Crippen LogP contribution < -0.4 is 0 Å². The van der Waals surface area contributed by atoms with E-state index in [9.17, 15) is 0 Å². The van der Waals surface area contributed by atoms with Crippen molar-refractivity contribution < 1.29 is 0 Å². The number of para-hydroxylation sites is 1. The molecule has 2 aromatic heterocycles. The minimum Gasteiger partial charge on any atom is -0.208 e. The standard InChI is InChI=1S/C41H26N6/c1-4-12-27(13-5-1)33-18-10-11-19-34(33)41-43-39(30-14-6-2-7-15-30)42-40(44-41)31-23-21-28-20-22-29-24-25-36-38(37(29)35(28)26-31)46-47(45-36)32-16-8-3-9-17-32/h1-26H. The van der Waals surface area contributed by atoms with Gasteiger partial charge in [-0.1, -0.05) is 133 Å². The Hall–Kier alpha value is -6.53. The van der Waals surface area contributed by atoms with E-state index in [4.69, 9.17) is 25.1 Å². The zero-order valence-electron chi connectivity index (χ0n) is 25.2. The van der Waals surface area contributed by atoms with E-state index >= 15 is 0 Å². The molecule has 9 rings (SSSR count). The first-order valence-corrected chi connectivity index (χ1v) is 15.5. The first-order chi connectivity index (χ1) is 23.3. The largest absolute Gasteiger partial charge is 0.208 e. The van der Waals surface area contributed by atoms with Crippen molar-refractivity contribution in [3.8, 4) is 51.0 Å². The van der Waals surface area contributed by atoms with Crippen LogP contribution >= 0.6 is 0 Å². The first kappa shape index (κ1) is 26.8. The molecule has 47 heavy (non-hydrogen) atoms. The lowest BCUT2D eigenvalue weighted by molar-refractivity contribution is 0.766. The summed E-state index contributed by atoms with van der Waals surface area (Å²) in [6.07, 6.45) is 0. The monoisotopic (exact) mass is 602 g/mol. The summed E-state index contributed by atoms with van der Waals surface area (Å²) in [6, 6.07) is 53.6. The molecular weight excluding hydrogens is 576 g/mol. The van der Waals surface area contributed by atoms with Crippen LogP contribution in [0.25, 0.3) is 83.6 Å². The fraction of sp³-hybridized carbons (Fsp3) is 0. The van der Waals surface area contributed by atoms with E-state index in [2.05, 4.69) is 78.9 Å². The van der Waals surface area contributed by atoms with Crippen LogP contribution in [0.4, 0.5) is 0 Å². The van der Waals surface area contributed by atoms with Crippen LogP contribution in [-0.2, 0) is 0 Å². The Labute approximate surface area is 270 Å². The van der Waals surface area contributed by atoms with E-state index in [0.29, 0.717) is 17.5 Å². The average Bonchev–Trinajstić information content (AvgIpc) is 3.60. The molecule has 0 aliphatic heterocycles. The van der Waals surface area contributed by atoms with Crippen molar-refractivity contribution in [3.05, 3.63) is 158 Å². The van der Waals surface area contributed by atoms with Gasteiger partial charge in [0.2, 0.25) is 0 Å². The van der Waals surface area contributed by atoms with Gasteiger partial charge in [-0.05, 0) is 51.6 Å². The molecule has 0 aliphatic rings. The quantitative estimate of drug-likeness (QED) is 0.184. The number of fused-ring (bicyclic) bond motifs is 5. The van der Waals surface area contributed by atoms with E-state index in [-0.39, 0.29) is 0 Å². The summed E-state index contributed by atoms with van der Waals surface area (Å²) < 4.78 is 0. The minimum absolute atomic E-state index is 0.607. The Kier molecular flexibility index (Phi) is 6.35. The number of aromatic nitrogens is 6. The maximum atomic E-state index is 5.12. The zero-order chi connectivity index (χ0) is 31.2. The molecule has 220 valence electrons. The Balaban J connectivity index is 1.27. The highest BCUT2D eigenvalue weighted by Gasteiger charge is 2.17. The molecule has 0 atom stereocenters. The predicted octanol–water partition coefficient (Wildman–Crippen LogP) is 9.58. The van der Waals surface area contributed by atoms with Gasteiger partial charge >= 0.3 is 0 Å². The maximum absolute atomic E-state index is 5.12. The lowest BCUT2D eigenvalue weighted by atomic mass is 9.98. The average molecular weight is 603 g/mol. The fourth-order valence-electron chi connectivity index (χ4n) is 6.22. The van der Waals surface area contributed by atoms with Gasteiger partial charge in [0.1, 0.15) is 11.0 Å². The Morgan fingerprint density at radius 2 is 0.979 bits per heavy atom. The predicted molar refractivity (Wildman–Crippen MR) is 189 cm³/mol. The van der Waals surface area contributed by atoms with Crippen molar-refractivity contribution >= 4 is 32.6 Å². The smallest absolute Gasteiger partial charge is 0.164 e. The molecule has 0 spiro atoms. The van der Waals surface area contributed by atoms with Crippen LogP contribution in [0.5, 0.6) is 0 Å². The van der Waals surface area contributed by atoms with Crippen LogP contribution in [0, 0.1) is 0 Å². The van der Waals surface area contributed by atoms with Crippen molar-refractivity contribution in [1.82, 2.24) is 29.9 Å². The van der Waals surface area contributed by atoms with Crippen LogP contribution in [0.2, 0.25) is 0 Å². The molecule has 7 aromatic carbocycles. The lowest BCUT2D eigenvalue weighted by Gasteiger charge is -2.12. The van der Waals surface area contributed by atoms with Gasteiger partial charge in [-0.15, -0.1) is 10.2 Å². The Morgan fingerprint density at radius 3 is 1.74 bits per heavy atom. The van der Waals surface area contributed by atoms with Crippen molar-refractivity contribution in [2.75, 3.05) is 0 Å². The van der Waals surface area contributed by atoms with Crippen molar-refractivity contribution in [2.24, 2.45) is 0 Å². The van der Waals surface area contributed by atoms with Gasteiger partial charge in [0.25, 0.3) is 0 Å². The molecule has 0 amide bonds. The maximum Gasteiger partial charge on any atom is 0.164 e. The number of hydrogen-bond acceptors (Lipinski definition) is 5. The number of benzene rings is 7. The van der Waals surface area contributed by atoms with E-state index in [1.165, 1.54) is 0 Å². The van der Waals surface area contributed by atoms with Gasteiger partial charge in [-0.2, -0.15) is 4.80 Å². The van der Waals surface area contributed by atoms with E-state index in [1.54, 1.807) is 4.80 Å². The van der Waals surface area contributed by atoms with E-state index in [0.717, 1.165) is 66.1 Å². The van der Waals surface area contributed by atoms with Gasteiger partial charge < -0.3 is 0 Å². The number of rotatable bonds is 5. The van der Waals surface area contributed by atoms with Crippen molar-refractivity contribution in [3.63, 3.8) is 0 Å². The second kappa shape index (κ2) is 11.1. The fourth-order valence-corrected chi connectivity index (χ4v) is 6.22. The number of hydrogen-bond donors (Lipinski definition) is 0. The molecule has 0 radical (unpaired) electrons. The number of nitrogens with zero attached hydrogens (tertiary/aromatic N) is 6. The third-order valence-corrected chi connectivity index (χ3v) is 8.52. The first-order valence-electron chi connectivity index (χ1n) is 15.5. The molecule has 9 aromatic rings. The summed E-state index contributed by atoms with van der Waals surface area (Å²) >= 11 is 0. The summed E-state index contributed by atoms with van der Waals surface area (Å²) in [5, 5.41) is 14.1. The molecule has 0 unspecified atom stereocenters. The SMILES string of the molecule is c1ccc(-c2nc(-c3ccc4ccc5ccc6nn(-c7ccccc7)nc6c5c4c3)nc(-c3ccccc3-c3ccccc3)n2)cc1. The normalized spacial score (nSPS) is 11.4. The summed E-state index contributed by atoms with van der Waals surface area (Å²) in [7, 11) is 0. The summed E-state index contributed by atoms with van der Waals surface area (Å²) in [5.41, 5.74) is 7.56. The highest BCUT2D eigenvalue weighted by molar-refractivity contribution is 6.18. The Bertz CT molecular complexity index is 2560. The van der Waals surface area contributed by atoms with Crippen LogP contribution in [-0.4, -0.2) is 29.9 Å². The van der Waals surface area contributed by atoms with E-state index in [1.807, 2.05) is 78.9 Å². The second-order valence-corrected chi connectivity index (χ2v) is 11.4. The molecule has 0 saturated heterocycles. The van der Waals surface area contributed by atoms with Crippen molar-refractivity contribution in [2.45, 2.75) is 0 Å². The van der Waals surface area contributed by atoms with Gasteiger partial charge in [0.15, 0.2) is 17.5 Å². The van der Waals surface area contributed by atoms with Gasteiger partial charge in [0.05, 0.1) is 5.69 Å². The molecule has 0 aliphatic carbocycles. The molecule has 6 heteroatoms. The second-order valence-electron chi connectivity index (χ2n) is 11.4. The molecule has 0 fully saturated rings. The lowest BCUT2D eigenvalue weighted by Crippen LogP contribution is -2.01. The van der Waals surface area contributed by atoms with Crippen molar-refractivity contribution in [1.29, 1.82) is 0 Å². The van der Waals surface area contributed by atoms with Gasteiger partial charge in [0, 0.05) is 22.1 Å². The van der Waals surface area contributed by atoms with Crippen LogP contribution in [0.1, 0.15) is 0 Å². The highest BCUT2D eigenvalue weighted by Crippen LogP contribution is 2.35.